The van der Waals surface area contributed by atoms with E-state index in [1.165, 1.54) is 12.8 Å². The SMILES string of the molecule is COc1ccc(Br)c(CC2CCNCC2)c1O. The Morgan fingerprint density at radius 2 is 2.12 bits per heavy atom. The quantitative estimate of drug-likeness (QED) is 0.902. The van der Waals surface area contributed by atoms with Gasteiger partial charge in [0.1, 0.15) is 0 Å². The van der Waals surface area contributed by atoms with Crippen molar-refractivity contribution in [1.29, 1.82) is 0 Å². The number of rotatable bonds is 3. The monoisotopic (exact) mass is 299 g/mol. The van der Waals surface area contributed by atoms with Gasteiger partial charge in [0.05, 0.1) is 7.11 Å². The number of hydrogen-bond donors (Lipinski definition) is 2. The maximum atomic E-state index is 10.1. The molecule has 0 spiro atoms. The zero-order valence-electron chi connectivity index (χ0n) is 10.0. The highest BCUT2D eigenvalue weighted by Crippen LogP contribution is 2.37. The van der Waals surface area contributed by atoms with E-state index < -0.39 is 0 Å². The predicted octanol–water partition coefficient (Wildman–Crippen LogP) is 2.71. The molecule has 94 valence electrons. The number of piperidine rings is 1. The Morgan fingerprint density at radius 3 is 2.76 bits per heavy atom. The van der Waals surface area contributed by atoms with Crippen LogP contribution in [0.4, 0.5) is 0 Å². The van der Waals surface area contributed by atoms with E-state index in [0.717, 1.165) is 29.5 Å². The fraction of sp³-hybridized carbons (Fsp3) is 0.538. The van der Waals surface area contributed by atoms with Crippen LogP contribution < -0.4 is 10.1 Å². The van der Waals surface area contributed by atoms with Gasteiger partial charge in [0, 0.05) is 10.0 Å². The molecule has 4 heteroatoms. The van der Waals surface area contributed by atoms with Gasteiger partial charge in [-0.15, -0.1) is 0 Å². The number of halogens is 1. The van der Waals surface area contributed by atoms with Gasteiger partial charge in [0.25, 0.3) is 0 Å². The highest BCUT2D eigenvalue weighted by atomic mass is 79.9. The van der Waals surface area contributed by atoms with Crippen molar-refractivity contribution in [3.05, 3.63) is 22.2 Å². The van der Waals surface area contributed by atoms with Crippen LogP contribution in [0.25, 0.3) is 0 Å². The first-order valence-corrected chi connectivity index (χ1v) is 6.76. The van der Waals surface area contributed by atoms with Crippen molar-refractivity contribution < 1.29 is 9.84 Å². The third-order valence-corrected chi connectivity index (χ3v) is 4.10. The summed E-state index contributed by atoms with van der Waals surface area (Å²) in [7, 11) is 1.58. The summed E-state index contributed by atoms with van der Waals surface area (Å²) in [6, 6.07) is 3.72. The second kappa shape index (κ2) is 5.74. The smallest absolute Gasteiger partial charge is 0.162 e. The van der Waals surface area contributed by atoms with Gasteiger partial charge in [0.2, 0.25) is 0 Å². The lowest BCUT2D eigenvalue weighted by atomic mass is 9.90. The summed E-state index contributed by atoms with van der Waals surface area (Å²) in [5, 5.41) is 13.5. The van der Waals surface area contributed by atoms with Crippen LogP contribution in [-0.2, 0) is 6.42 Å². The molecule has 1 fully saturated rings. The highest BCUT2D eigenvalue weighted by Gasteiger charge is 2.19. The van der Waals surface area contributed by atoms with E-state index >= 15 is 0 Å². The Hall–Kier alpha value is -0.740. The average Bonchev–Trinajstić information content (AvgIpc) is 2.36. The molecule has 17 heavy (non-hydrogen) atoms. The first-order chi connectivity index (χ1) is 8.22. The van der Waals surface area contributed by atoms with E-state index in [2.05, 4.69) is 21.2 Å². The lowest BCUT2D eigenvalue weighted by Gasteiger charge is -2.23. The molecule has 1 aliphatic rings. The first kappa shape index (κ1) is 12.7. The molecule has 3 nitrogen and oxygen atoms in total. The van der Waals surface area contributed by atoms with Gasteiger partial charge in [-0.3, -0.25) is 0 Å². The standard InChI is InChI=1S/C13H18BrNO2/c1-17-12-3-2-11(14)10(13(12)16)8-9-4-6-15-7-5-9/h2-3,9,15-16H,4-8H2,1H3. The summed E-state index contributed by atoms with van der Waals surface area (Å²) in [6.45, 7) is 2.15. The number of benzene rings is 1. The molecule has 0 atom stereocenters. The molecular formula is C13H18BrNO2. The fourth-order valence-electron chi connectivity index (χ4n) is 2.32. The summed E-state index contributed by atoms with van der Waals surface area (Å²) in [4.78, 5) is 0. The number of phenols is 1. The van der Waals surface area contributed by atoms with E-state index in [-0.39, 0.29) is 5.75 Å². The van der Waals surface area contributed by atoms with Crippen LogP contribution in [0.1, 0.15) is 18.4 Å². The molecule has 0 aromatic heterocycles. The minimum atomic E-state index is 0.278. The number of methoxy groups -OCH3 is 1. The van der Waals surface area contributed by atoms with Crippen LogP contribution in [0.2, 0.25) is 0 Å². The third kappa shape index (κ3) is 2.93. The van der Waals surface area contributed by atoms with Crippen LogP contribution in [0.5, 0.6) is 11.5 Å². The van der Waals surface area contributed by atoms with Gasteiger partial charge >= 0.3 is 0 Å². The Bertz CT molecular complexity index is 389. The van der Waals surface area contributed by atoms with Gasteiger partial charge in [-0.25, -0.2) is 0 Å². The highest BCUT2D eigenvalue weighted by molar-refractivity contribution is 9.10. The van der Waals surface area contributed by atoms with Crippen molar-refractivity contribution in [2.75, 3.05) is 20.2 Å². The maximum absolute atomic E-state index is 10.1. The minimum Gasteiger partial charge on any atom is -0.504 e. The first-order valence-electron chi connectivity index (χ1n) is 5.97. The molecule has 0 radical (unpaired) electrons. The molecule has 0 bridgehead atoms. The van der Waals surface area contributed by atoms with Crippen molar-refractivity contribution in [1.82, 2.24) is 5.32 Å². The molecule has 1 aromatic carbocycles. The molecule has 0 saturated carbocycles. The van der Waals surface area contributed by atoms with Crippen LogP contribution in [0.3, 0.4) is 0 Å². The predicted molar refractivity (Wildman–Crippen MR) is 71.7 cm³/mol. The summed E-state index contributed by atoms with van der Waals surface area (Å²) < 4.78 is 6.11. The second-order valence-corrected chi connectivity index (χ2v) is 5.33. The maximum Gasteiger partial charge on any atom is 0.162 e. The van der Waals surface area contributed by atoms with Gasteiger partial charge in [-0.1, -0.05) is 15.9 Å². The summed E-state index contributed by atoms with van der Waals surface area (Å²) >= 11 is 3.51. The Morgan fingerprint density at radius 1 is 1.41 bits per heavy atom. The number of nitrogens with one attached hydrogen (secondary N) is 1. The van der Waals surface area contributed by atoms with Gasteiger partial charge < -0.3 is 15.2 Å². The van der Waals surface area contributed by atoms with Crippen LogP contribution in [0, 0.1) is 5.92 Å². The molecule has 2 rings (SSSR count). The molecule has 1 saturated heterocycles. The minimum absolute atomic E-state index is 0.278. The lowest BCUT2D eigenvalue weighted by molar-refractivity contribution is 0.351. The lowest BCUT2D eigenvalue weighted by Crippen LogP contribution is -2.28. The van der Waals surface area contributed by atoms with Crippen molar-refractivity contribution in [3.63, 3.8) is 0 Å². The van der Waals surface area contributed by atoms with E-state index in [0.29, 0.717) is 11.7 Å². The normalized spacial score (nSPS) is 17.1. The molecule has 1 aliphatic heterocycles. The van der Waals surface area contributed by atoms with Crippen molar-refractivity contribution in [3.8, 4) is 11.5 Å². The molecule has 0 amide bonds. The topological polar surface area (TPSA) is 41.5 Å². The molecule has 0 unspecified atom stereocenters. The van der Waals surface area contributed by atoms with Gasteiger partial charge in [-0.2, -0.15) is 0 Å². The molecule has 2 N–H and O–H groups in total. The number of aromatic hydroxyl groups is 1. The third-order valence-electron chi connectivity index (χ3n) is 3.36. The van der Waals surface area contributed by atoms with Gasteiger partial charge in [-0.05, 0) is 50.4 Å². The van der Waals surface area contributed by atoms with Crippen LogP contribution in [0.15, 0.2) is 16.6 Å². The zero-order valence-corrected chi connectivity index (χ0v) is 11.6. The van der Waals surface area contributed by atoms with E-state index in [1.54, 1.807) is 13.2 Å². The van der Waals surface area contributed by atoms with Crippen LogP contribution in [-0.4, -0.2) is 25.3 Å². The number of hydrogen-bond acceptors (Lipinski definition) is 3. The number of phenolic OH excluding ortho intramolecular Hbond substituents is 1. The van der Waals surface area contributed by atoms with Crippen molar-refractivity contribution in [2.45, 2.75) is 19.3 Å². The molecule has 1 heterocycles. The average molecular weight is 300 g/mol. The Labute approximate surface area is 110 Å². The summed E-state index contributed by atoms with van der Waals surface area (Å²) in [5.74, 6) is 1.48. The summed E-state index contributed by atoms with van der Waals surface area (Å²) in [5.41, 5.74) is 0.969. The fourth-order valence-corrected chi connectivity index (χ4v) is 2.81. The number of ether oxygens (including phenoxy) is 1. The Balaban J connectivity index is 2.18. The van der Waals surface area contributed by atoms with Crippen molar-refractivity contribution >= 4 is 15.9 Å². The van der Waals surface area contributed by atoms with Crippen LogP contribution >= 0.6 is 15.9 Å². The van der Waals surface area contributed by atoms with E-state index in [4.69, 9.17) is 4.74 Å². The van der Waals surface area contributed by atoms with E-state index in [1.807, 2.05) is 6.07 Å². The molecule has 0 aliphatic carbocycles. The molecule has 1 aromatic rings. The van der Waals surface area contributed by atoms with Gasteiger partial charge in [0.15, 0.2) is 11.5 Å². The summed E-state index contributed by atoms with van der Waals surface area (Å²) in [6.07, 6.45) is 3.25. The zero-order chi connectivity index (χ0) is 12.3. The largest absolute Gasteiger partial charge is 0.504 e. The van der Waals surface area contributed by atoms with E-state index in [9.17, 15) is 5.11 Å². The second-order valence-electron chi connectivity index (χ2n) is 4.47. The molecular weight excluding hydrogens is 282 g/mol. The Kier molecular flexibility index (Phi) is 4.29. The van der Waals surface area contributed by atoms with Crippen molar-refractivity contribution in [2.24, 2.45) is 5.92 Å².